The van der Waals surface area contributed by atoms with Gasteiger partial charge in [-0.3, -0.25) is 4.79 Å². The SMILES string of the molecule is CCCCOc1c(CNC(=O)OC(C)(C)C)n(CC(C)(C)C)c(=O)c2ccc(C#N)cc12. The highest BCUT2D eigenvalue weighted by atomic mass is 16.6. The van der Waals surface area contributed by atoms with Crippen molar-refractivity contribution in [2.24, 2.45) is 5.41 Å². The molecule has 2 rings (SSSR count). The van der Waals surface area contributed by atoms with Gasteiger partial charge in [-0.25, -0.2) is 4.79 Å². The molecule has 2 aromatic rings. The van der Waals surface area contributed by atoms with Gasteiger partial charge in [0.1, 0.15) is 11.4 Å². The number of alkyl carbamates (subject to hydrolysis) is 1. The predicted octanol–water partition coefficient (Wildman–Crippen LogP) is 5.12. The zero-order valence-corrected chi connectivity index (χ0v) is 20.3. The lowest BCUT2D eigenvalue weighted by molar-refractivity contribution is 0.0521. The molecule has 0 aliphatic carbocycles. The number of hydrogen-bond donors (Lipinski definition) is 1. The molecule has 174 valence electrons. The number of ether oxygens (including phenoxy) is 2. The van der Waals surface area contributed by atoms with Crippen LogP contribution >= 0.6 is 0 Å². The van der Waals surface area contributed by atoms with E-state index in [1.54, 1.807) is 43.5 Å². The number of nitriles is 1. The van der Waals surface area contributed by atoms with E-state index < -0.39 is 11.7 Å². The number of benzene rings is 1. The summed E-state index contributed by atoms with van der Waals surface area (Å²) in [7, 11) is 0. The number of rotatable bonds is 7. The Labute approximate surface area is 190 Å². The molecule has 0 unspecified atom stereocenters. The van der Waals surface area contributed by atoms with E-state index in [1.807, 2.05) is 20.8 Å². The molecule has 0 spiro atoms. The van der Waals surface area contributed by atoms with E-state index in [-0.39, 0.29) is 17.5 Å². The third kappa shape index (κ3) is 6.74. The number of amides is 1. The first kappa shape index (κ1) is 25.3. The molecule has 7 heteroatoms. The summed E-state index contributed by atoms with van der Waals surface area (Å²) in [5.41, 5.74) is 0.00109. The van der Waals surface area contributed by atoms with Crippen molar-refractivity contribution in [3.63, 3.8) is 0 Å². The second-order valence-corrected chi connectivity index (χ2v) is 10.2. The molecular weight excluding hydrogens is 406 g/mol. The molecule has 0 saturated heterocycles. The van der Waals surface area contributed by atoms with E-state index >= 15 is 0 Å². The number of fused-ring (bicyclic) bond motifs is 1. The maximum Gasteiger partial charge on any atom is 0.407 e. The topological polar surface area (TPSA) is 93.3 Å². The molecule has 1 amide bonds. The number of nitrogens with one attached hydrogen (secondary N) is 1. The van der Waals surface area contributed by atoms with E-state index in [0.717, 1.165) is 12.8 Å². The lowest BCUT2D eigenvalue weighted by Crippen LogP contribution is -2.36. The van der Waals surface area contributed by atoms with Crippen LogP contribution in [0.4, 0.5) is 4.79 Å². The Hall–Kier alpha value is -3.01. The summed E-state index contributed by atoms with van der Waals surface area (Å²) in [5, 5.41) is 13.2. The van der Waals surface area contributed by atoms with Crippen molar-refractivity contribution in [2.75, 3.05) is 6.61 Å². The third-order valence-corrected chi connectivity index (χ3v) is 4.63. The quantitative estimate of drug-likeness (QED) is 0.602. The summed E-state index contributed by atoms with van der Waals surface area (Å²) in [5.74, 6) is 0.519. The summed E-state index contributed by atoms with van der Waals surface area (Å²) in [4.78, 5) is 25.8. The Kier molecular flexibility index (Phi) is 7.95. The zero-order valence-electron chi connectivity index (χ0n) is 20.3. The van der Waals surface area contributed by atoms with Gasteiger partial charge in [-0.2, -0.15) is 5.26 Å². The summed E-state index contributed by atoms with van der Waals surface area (Å²) >= 11 is 0. The standard InChI is InChI=1S/C25H35N3O4/c1-8-9-12-31-21-19-13-17(14-26)10-11-18(19)22(29)28(16-24(2,3)4)20(21)15-27-23(30)32-25(5,6)7/h10-11,13H,8-9,12,15-16H2,1-7H3,(H,27,30). The number of aromatic nitrogens is 1. The molecular formula is C25H35N3O4. The van der Waals surface area contributed by atoms with Gasteiger partial charge < -0.3 is 19.4 Å². The fourth-order valence-corrected chi connectivity index (χ4v) is 3.30. The van der Waals surface area contributed by atoms with Crippen LogP contribution in [0.2, 0.25) is 0 Å². The van der Waals surface area contributed by atoms with Gasteiger partial charge in [-0.1, -0.05) is 34.1 Å². The fraction of sp³-hybridized carbons (Fsp3) is 0.560. The van der Waals surface area contributed by atoms with Gasteiger partial charge in [-0.05, 0) is 50.8 Å². The molecule has 32 heavy (non-hydrogen) atoms. The Morgan fingerprint density at radius 3 is 2.41 bits per heavy atom. The molecule has 1 heterocycles. The van der Waals surface area contributed by atoms with Gasteiger partial charge in [0.25, 0.3) is 5.56 Å². The van der Waals surface area contributed by atoms with E-state index in [0.29, 0.717) is 40.9 Å². The van der Waals surface area contributed by atoms with Crippen molar-refractivity contribution >= 4 is 16.9 Å². The number of pyridine rings is 1. The van der Waals surface area contributed by atoms with Crippen molar-refractivity contribution in [1.82, 2.24) is 9.88 Å². The first-order chi connectivity index (χ1) is 14.9. The highest BCUT2D eigenvalue weighted by Crippen LogP contribution is 2.31. The van der Waals surface area contributed by atoms with Gasteiger partial charge in [0, 0.05) is 11.9 Å². The van der Waals surface area contributed by atoms with Crippen LogP contribution < -0.4 is 15.6 Å². The van der Waals surface area contributed by atoms with E-state index in [2.05, 4.69) is 18.3 Å². The van der Waals surface area contributed by atoms with Crippen molar-refractivity contribution in [3.05, 3.63) is 39.8 Å². The van der Waals surface area contributed by atoms with Crippen LogP contribution in [0, 0.1) is 16.7 Å². The van der Waals surface area contributed by atoms with Gasteiger partial charge in [0.05, 0.1) is 35.9 Å². The van der Waals surface area contributed by atoms with Crippen LogP contribution in [0.15, 0.2) is 23.0 Å². The first-order valence-corrected chi connectivity index (χ1v) is 11.1. The summed E-state index contributed by atoms with van der Waals surface area (Å²) in [6, 6.07) is 7.12. The highest BCUT2D eigenvalue weighted by molar-refractivity contribution is 5.89. The van der Waals surface area contributed by atoms with Gasteiger partial charge in [0.2, 0.25) is 0 Å². The molecule has 0 radical (unpaired) electrons. The van der Waals surface area contributed by atoms with Crippen molar-refractivity contribution < 1.29 is 14.3 Å². The minimum Gasteiger partial charge on any atom is -0.491 e. The number of hydrogen-bond acceptors (Lipinski definition) is 5. The van der Waals surface area contributed by atoms with Crippen molar-refractivity contribution in [2.45, 2.75) is 80.0 Å². The maximum absolute atomic E-state index is 13.5. The first-order valence-electron chi connectivity index (χ1n) is 11.1. The number of unbranched alkanes of at least 4 members (excludes halogenated alkanes) is 1. The Morgan fingerprint density at radius 1 is 1.16 bits per heavy atom. The molecule has 1 aromatic carbocycles. The zero-order chi connectivity index (χ0) is 24.1. The lowest BCUT2D eigenvalue weighted by Gasteiger charge is -2.26. The van der Waals surface area contributed by atoms with Gasteiger partial charge in [0.15, 0.2) is 0 Å². The van der Waals surface area contributed by atoms with Gasteiger partial charge in [-0.15, -0.1) is 0 Å². The molecule has 0 fully saturated rings. The fourth-order valence-electron chi connectivity index (χ4n) is 3.30. The maximum atomic E-state index is 13.5. The smallest absolute Gasteiger partial charge is 0.407 e. The molecule has 1 aromatic heterocycles. The molecule has 0 aliphatic rings. The summed E-state index contributed by atoms with van der Waals surface area (Å²) in [6.07, 6.45) is 1.23. The number of carbonyl (C=O) groups excluding carboxylic acids is 1. The summed E-state index contributed by atoms with van der Waals surface area (Å²) < 4.78 is 13.2. The summed E-state index contributed by atoms with van der Waals surface area (Å²) in [6.45, 7) is 14.6. The molecule has 7 nitrogen and oxygen atoms in total. The molecule has 1 N–H and O–H groups in total. The minimum atomic E-state index is -0.638. The predicted molar refractivity (Wildman–Crippen MR) is 126 cm³/mol. The van der Waals surface area contributed by atoms with Crippen LogP contribution in [-0.4, -0.2) is 22.9 Å². The molecule has 0 saturated carbocycles. The monoisotopic (exact) mass is 441 g/mol. The molecule has 0 atom stereocenters. The number of nitrogens with zero attached hydrogens (tertiary/aromatic N) is 2. The van der Waals surface area contributed by atoms with Crippen LogP contribution in [-0.2, 0) is 17.8 Å². The molecule has 0 bridgehead atoms. The Morgan fingerprint density at radius 2 is 1.84 bits per heavy atom. The minimum absolute atomic E-state index is 0.0639. The van der Waals surface area contributed by atoms with E-state index in [1.165, 1.54) is 0 Å². The Balaban J connectivity index is 2.69. The molecule has 0 aliphatic heterocycles. The van der Waals surface area contributed by atoms with E-state index in [9.17, 15) is 14.9 Å². The normalized spacial score (nSPS) is 11.8. The lowest BCUT2D eigenvalue weighted by atomic mass is 9.96. The second kappa shape index (κ2) is 10.1. The van der Waals surface area contributed by atoms with Crippen LogP contribution in [0.1, 0.15) is 72.6 Å². The number of carbonyl (C=O) groups is 1. The van der Waals surface area contributed by atoms with Gasteiger partial charge >= 0.3 is 6.09 Å². The van der Waals surface area contributed by atoms with Crippen LogP contribution in [0.25, 0.3) is 10.8 Å². The van der Waals surface area contributed by atoms with E-state index in [4.69, 9.17) is 9.47 Å². The van der Waals surface area contributed by atoms with Crippen molar-refractivity contribution in [3.8, 4) is 11.8 Å². The van der Waals surface area contributed by atoms with Crippen molar-refractivity contribution in [1.29, 1.82) is 5.26 Å². The average molecular weight is 442 g/mol. The van der Waals surface area contributed by atoms with Crippen LogP contribution in [0.5, 0.6) is 5.75 Å². The third-order valence-electron chi connectivity index (χ3n) is 4.63. The second-order valence-electron chi connectivity index (χ2n) is 10.2. The van der Waals surface area contributed by atoms with Crippen LogP contribution in [0.3, 0.4) is 0 Å². The average Bonchev–Trinajstić information content (AvgIpc) is 2.67. The Bertz CT molecular complexity index is 1070. The highest BCUT2D eigenvalue weighted by Gasteiger charge is 2.24. The largest absolute Gasteiger partial charge is 0.491 e.